The van der Waals surface area contributed by atoms with Crippen LogP contribution < -0.4 is 16.2 Å². The van der Waals surface area contributed by atoms with E-state index >= 15 is 0 Å². The van der Waals surface area contributed by atoms with Crippen LogP contribution in [-0.2, 0) is 6.42 Å². The number of unbranched alkanes of at least 4 members (excludes halogenated alkanes) is 1. The summed E-state index contributed by atoms with van der Waals surface area (Å²) in [5, 5.41) is 3.70. The van der Waals surface area contributed by atoms with Crippen molar-refractivity contribution in [2.24, 2.45) is 0 Å². The van der Waals surface area contributed by atoms with Crippen molar-refractivity contribution in [3.8, 4) is 0 Å². The van der Waals surface area contributed by atoms with Crippen LogP contribution >= 0.6 is 12.2 Å². The van der Waals surface area contributed by atoms with Crippen molar-refractivity contribution in [2.75, 3.05) is 10.7 Å². The van der Waals surface area contributed by atoms with Crippen LogP contribution in [0.4, 0.5) is 11.4 Å². The molecule has 0 aliphatic rings. The lowest BCUT2D eigenvalue weighted by molar-refractivity contribution is 0.795. The van der Waals surface area contributed by atoms with Gasteiger partial charge in [0, 0.05) is 5.69 Å². The minimum absolute atomic E-state index is 0.542. The van der Waals surface area contributed by atoms with Crippen molar-refractivity contribution < 1.29 is 0 Å². The monoisotopic (exact) mass is 299 g/mol. The van der Waals surface area contributed by atoms with Crippen molar-refractivity contribution in [1.29, 1.82) is 0 Å². The SMILES string of the molecule is CCCCc1ccc(NC(=S)NNc2ccccc2)cc1. The van der Waals surface area contributed by atoms with E-state index in [1.54, 1.807) is 0 Å². The Hall–Kier alpha value is -2.07. The number of hydrogen-bond donors (Lipinski definition) is 3. The van der Waals surface area contributed by atoms with Gasteiger partial charge in [-0.15, -0.1) is 0 Å². The highest BCUT2D eigenvalue weighted by molar-refractivity contribution is 7.80. The number of hydrogen-bond acceptors (Lipinski definition) is 2. The Morgan fingerprint density at radius 3 is 2.33 bits per heavy atom. The number of hydrazine groups is 1. The van der Waals surface area contributed by atoms with Crippen LogP contribution in [0.2, 0.25) is 0 Å². The predicted octanol–water partition coefficient (Wildman–Crippen LogP) is 4.34. The maximum atomic E-state index is 5.25. The van der Waals surface area contributed by atoms with E-state index in [0.717, 1.165) is 17.8 Å². The van der Waals surface area contributed by atoms with Crippen LogP contribution in [-0.4, -0.2) is 5.11 Å². The number of para-hydroxylation sites is 1. The van der Waals surface area contributed by atoms with E-state index in [1.165, 1.54) is 18.4 Å². The van der Waals surface area contributed by atoms with E-state index in [-0.39, 0.29) is 0 Å². The fourth-order valence-corrected chi connectivity index (χ4v) is 2.12. The molecule has 0 fully saturated rings. The zero-order valence-electron chi connectivity index (χ0n) is 12.2. The molecule has 0 radical (unpaired) electrons. The van der Waals surface area contributed by atoms with E-state index in [9.17, 15) is 0 Å². The molecular formula is C17H21N3S. The van der Waals surface area contributed by atoms with E-state index in [0.29, 0.717) is 5.11 Å². The molecule has 0 saturated carbocycles. The number of thiocarbonyl (C=S) groups is 1. The standard InChI is InChI=1S/C17H21N3S/c1-2-3-7-14-10-12-15(13-11-14)18-17(21)20-19-16-8-5-4-6-9-16/h4-6,8-13,19H,2-3,7H2,1H3,(H2,18,20,21). The molecule has 2 rings (SSSR count). The molecule has 0 saturated heterocycles. The number of rotatable bonds is 6. The van der Waals surface area contributed by atoms with Crippen molar-refractivity contribution in [3.05, 3.63) is 60.2 Å². The quantitative estimate of drug-likeness (QED) is 0.548. The fourth-order valence-electron chi connectivity index (χ4n) is 1.95. The first kappa shape index (κ1) is 15.3. The fraction of sp³-hybridized carbons (Fsp3) is 0.235. The smallest absolute Gasteiger partial charge is 0.189 e. The molecule has 3 nitrogen and oxygen atoms in total. The molecule has 0 atom stereocenters. The third-order valence-electron chi connectivity index (χ3n) is 3.12. The summed E-state index contributed by atoms with van der Waals surface area (Å²) in [6, 6.07) is 18.3. The molecule has 110 valence electrons. The summed E-state index contributed by atoms with van der Waals surface area (Å²) < 4.78 is 0. The van der Waals surface area contributed by atoms with Crippen LogP contribution in [0.3, 0.4) is 0 Å². The average Bonchev–Trinajstić information content (AvgIpc) is 2.53. The first-order valence-electron chi connectivity index (χ1n) is 7.25. The zero-order valence-corrected chi connectivity index (χ0v) is 13.0. The maximum Gasteiger partial charge on any atom is 0.189 e. The second-order valence-electron chi connectivity index (χ2n) is 4.87. The highest BCUT2D eigenvalue weighted by atomic mass is 32.1. The highest BCUT2D eigenvalue weighted by Crippen LogP contribution is 2.11. The molecular weight excluding hydrogens is 278 g/mol. The lowest BCUT2D eigenvalue weighted by atomic mass is 10.1. The molecule has 0 amide bonds. The second-order valence-corrected chi connectivity index (χ2v) is 5.28. The lowest BCUT2D eigenvalue weighted by Gasteiger charge is -2.12. The topological polar surface area (TPSA) is 36.1 Å². The summed E-state index contributed by atoms with van der Waals surface area (Å²) in [5.41, 5.74) is 9.34. The van der Waals surface area contributed by atoms with E-state index < -0.39 is 0 Å². The highest BCUT2D eigenvalue weighted by Gasteiger charge is 1.98. The number of aryl methyl sites for hydroxylation is 1. The van der Waals surface area contributed by atoms with Gasteiger partial charge in [0.1, 0.15) is 0 Å². The predicted molar refractivity (Wildman–Crippen MR) is 94.5 cm³/mol. The summed E-state index contributed by atoms with van der Waals surface area (Å²) >= 11 is 5.25. The minimum Gasteiger partial charge on any atom is -0.331 e. The Morgan fingerprint density at radius 2 is 1.67 bits per heavy atom. The Kier molecular flexibility index (Phi) is 6.03. The Labute approximate surface area is 131 Å². The molecule has 21 heavy (non-hydrogen) atoms. The molecule has 0 heterocycles. The molecule has 4 heteroatoms. The third kappa shape index (κ3) is 5.44. The van der Waals surface area contributed by atoms with Gasteiger partial charge < -0.3 is 5.32 Å². The van der Waals surface area contributed by atoms with Crippen LogP contribution in [0.5, 0.6) is 0 Å². The summed E-state index contributed by atoms with van der Waals surface area (Å²) in [5.74, 6) is 0. The first-order chi connectivity index (χ1) is 10.3. The van der Waals surface area contributed by atoms with Gasteiger partial charge in [-0.05, 0) is 54.9 Å². The van der Waals surface area contributed by atoms with Gasteiger partial charge in [-0.1, -0.05) is 43.7 Å². The number of anilines is 2. The van der Waals surface area contributed by atoms with E-state index in [2.05, 4.69) is 47.4 Å². The van der Waals surface area contributed by atoms with Crippen molar-refractivity contribution in [3.63, 3.8) is 0 Å². The Bertz CT molecular complexity index is 552. The van der Waals surface area contributed by atoms with Crippen molar-refractivity contribution in [2.45, 2.75) is 26.2 Å². The Balaban J connectivity index is 1.79. The summed E-state index contributed by atoms with van der Waals surface area (Å²) in [7, 11) is 0. The summed E-state index contributed by atoms with van der Waals surface area (Å²) in [6.07, 6.45) is 3.59. The normalized spacial score (nSPS) is 9.95. The van der Waals surface area contributed by atoms with Gasteiger partial charge in [0.25, 0.3) is 0 Å². The van der Waals surface area contributed by atoms with Crippen LogP contribution in [0.15, 0.2) is 54.6 Å². The van der Waals surface area contributed by atoms with Crippen molar-refractivity contribution >= 4 is 28.7 Å². The van der Waals surface area contributed by atoms with Crippen LogP contribution in [0, 0.1) is 0 Å². The van der Waals surface area contributed by atoms with Gasteiger partial charge in [0.05, 0.1) is 5.69 Å². The van der Waals surface area contributed by atoms with E-state index in [4.69, 9.17) is 12.2 Å². The molecule has 0 aliphatic carbocycles. The summed E-state index contributed by atoms with van der Waals surface area (Å²) in [4.78, 5) is 0. The first-order valence-corrected chi connectivity index (χ1v) is 7.66. The number of benzene rings is 2. The second kappa shape index (κ2) is 8.27. The lowest BCUT2D eigenvalue weighted by Crippen LogP contribution is -2.33. The largest absolute Gasteiger partial charge is 0.331 e. The summed E-state index contributed by atoms with van der Waals surface area (Å²) in [6.45, 7) is 2.21. The van der Waals surface area contributed by atoms with Gasteiger partial charge in [0.2, 0.25) is 0 Å². The number of nitrogens with one attached hydrogen (secondary N) is 3. The van der Waals surface area contributed by atoms with Gasteiger partial charge in [0.15, 0.2) is 5.11 Å². The maximum absolute atomic E-state index is 5.25. The van der Waals surface area contributed by atoms with Gasteiger partial charge in [-0.3, -0.25) is 10.9 Å². The molecule has 0 aliphatic heterocycles. The van der Waals surface area contributed by atoms with Crippen LogP contribution in [0.1, 0.15) is 25.3 Å². The van der Waals surface area contributed by atoms with Gasteiger partial charge >= 0.3 is 0 Å². The van der Waals surface area contributed by atoms with Crippen molar-refractivity contribution in [1.82, 2.24) is 5.43 Å². The molecule has 0 unspecified atom stereocenters. The Morgan fingerprint density at radius 1 is 0.952 bits per heavy atom. The third-order valence-corrected chi connectivity index (χ3v) is 3.33. The van der Waals surface area contributed by atoms with E-state index in [1.807, 2.05) is 30.3 Å². The minimum atomic E-state index is 0.542. The molecule has 2 aromatic rings. The molecule has 2 aromatic carbocycles. The zero-order chi connectivity index (χ0) is 14.9. The average molecular weight is 299 g/mol. The van der Waals surface area contributed by atoms with Gasteiger partial charge in [-0.25, -0.2) is 0 Å². The molecule has 0 spiro atoms. The molecule has 3 N–H and O–H groups in total. The van der Waals surface area contributed by atoms with Crippen LogP contribution in [0.25, 0.3) is 0 Å². The van der Waals surface area contributed by atoms with Gasteiger partial charge in [-0.2, -0.15) is 0 Å². The molecule has 0 aromatic heterocycles. The molecule has 0 bridgehead atoms.